The van der Waals surface area contributed by atoms with E-state index in [9.17, 15) is 0 Å². The van der Waals surface area contributed by atoms with Gasteiger partial charge in [-0.1, -0.05) is 6.92 Å². The molecule has 0 radical (unpaired) electrons. The molecule has 1 unspecified atom stereocenters. The Labute approximate surface area is 142 Å². The highest BCUT2D eigenvalue weighted by Crippen LogP contribution is 2.13. The quantitative estimate of drug-likeness (QED) is 0.406. The molecule has 0 amide bonds. The minimum Gasteiger partial charge on any atom is -0.379 e. The molecule has 2 rings (SSSR count). The van der Waals surface area contributed by atoms with Crippen molar-refractivity contribution in [2.24, 2.45) is 4.99 Å². The summed E-state index contributed by atoms with van der Waals surface area (Å²) < 4.78 is 11.0. The molecule has 1 aliphatic heterocycles. The first-order valence-corrected chi connectivity index (χ1v) is 9.21. The third-order valence-corrected chi connectivity index (χ3v) is 4.86. The van der Waals surface area contributed by atoms with Crippen molar-refractivity contribution in [3.8, 4) is 0 Å². The van der Waals surface area contributed by atoms with Gasteiger partial charge in [-0.25, -0.2) is 4.98 Å². The molecule has 1 aromatic heterocycles. The van der Waals surface area contributed by atoms with Gasteiger partial charge in [-0.15, -0.1) is 11.3 Å². The van der Waals surface area contributed by atoms with Crippen LogP contribution >= 0.6 is 11.3 Å². The Balaban J connectivity index is 1.52. The summed E-state index contributed by atoms with van der Waals surface area (Å²) in [7, 11) is 1.79. The summed E-state index contributed by atoms with van der Waals surface area (Å²) in [5.74, 6) is 0.835. The Morgan fingerprint density at radius 2 is 2.35 bits per heavy atom. The van der Waals surface area contributed by atoms with Crippen LogP contribution in [0.15, 0.2) is 11.2 Å². The zero-order valence-electron chi connectivity index (χ0n) is 14.1. The Morgan fingerprint density at radius 3 is 3.04 bits per heavy atom. The van der Waals surface area contributed by atoms with Crippen LogP contribution in [0.25, 0.3) is 0 Å². The van der Waals surface area contributed by atoms with Crippen LogP contribution in [0.3, 0.4) is 0 Å². The maximum atomic E-state index is 5.74. The van der Waals surface area contributed by atoms with E-state index in [1.165, 1.54) is 9.88 Å². The fourth-order valence-electron chi connectivity index (χ4n) is 2.31. The number of nitrogens with zero attached hydrogens (tertiary/aromatic N) is 2. The molecule has 0 spiro atoms. The van der Waals surface area contributed by atoms with Crippen molar-refractivity contribution in [2.45, 2.75) is 38.7 Å². The third kappa shape index (κ3) is 6.85. The Hall–Kier alpha value is -1.18. The lowest BCUT2D eigenvalue weighted by molar-refractivity contribution is 0.0420. The van der Waals surface area contributed by atoms with Gasteiger partial charge in [0.25, 0.3) is 0 Å². The SMILES string of the molecule is CCc1cnc(CCNC(=NC)NCCCOC2CCOC2)s1. The van der Waals surface area contributed by atoms with Gasteiger partial charge >= 0.3 is 0 Å². The van der Waals surface area contributed by atoms with Crippen LogP contribution in [0.1, 0.15) is 29.7 Å². The van der Waals surface area contributed by atoms with E-state index in [0.717, 1.165) is 64.6 Å². The molecule has 2 heterocycles. The van der Waals surface area contributed by atoms with Crippen molar-refractivity contribution in [3.05, 3.63) is 16.1 Å². The number of ether oxygens (including phenoxy) is 2. The largest absolute Gasteiger partial charge is 0.379 e. The van der Waals surface area contributed by atoms with Crippen LogP contribution in [0.2, 0.25) is 0 Å². The van der Waals surface area contributed by atoms with Crippen molar-refractivity contribution in [1.29, 1.82) is 0 Å². The minimum absolute atomic E-state index is 0.291. The van der Waals surface area contributed by atoms with Gasteiger partial charge in [0.1, 0.15) is 0 Å². The van der Waals surface area contributed by atoms with E-state index in [1.807, 2.05) is 6.20 Å². The van der Waals surface area contributed by atoms with Crippen LogP contribution in [-0.4, -0.2) is 57.0 Å². The number of thiazole rings is 1. The smallest absolute Gasteiger partial charge is 0.190 e. The highest BCUT2D eigenvalue weighted by Gasteiger charge is 2.15. The second kappa shape index (κ2) is 10.6. The zero-order chi connectivity index (χ0) is 16.3. The van der Waals surface area contributed by atoms with Gasteiger partial charge in [0, 0.05) is 50.8 Å². The van der Waals surface area contributed by atoms with Gasteiger partial charge in [0.15, 0.2) is 5.96 Å². The number of aliphatic imine (C=N–C) groups is 1. The first-order chi connectivity index (χ1) is 11.3. The van der Waals surface area contributed by atoms with E-state index >= 15 is 0 Å². The van der Waals surface area contributed by atoms with Crippen molar-refractivity contribution < 1.29 is 9.47 Å². The Bertz CT molecular complexity index is 472. The second-order valence-electron chi connectivity index (χ2n) is 5.46. The summed E-state index contributed by atoms with van der Waals surface area (Å²) in [6.07, 6.45) is 6.23. The molecular formula is C16H28N4O2S. The van der Waals surface area contributed by atoms with Crippen molar-refractivity contribution in [2.75, 3.05) is 40.0 Å². The van der Waals surface area contributed by atoms with Crippen LogP contribution in [0, 0.1) is 0 Å². The molecule has 130 valence electrons. The van der Waals surface area contributed by atoms with Gasteiger partial charge in [-0.2, -0.15) is 0 Å². The predicted molar refractivity (Wildman–Crippen MR) is 94.4 cm³/mol. The van der Waals surface area contributed by atoms with Gasteiger partial charge in [-0.3, -0.25) is 4.99 Å². The fourth-order valence-corrected chi connectivity index (χ4v) is 3.17. The number of aryl methyl sites for hydroxylation is 1. The van der Waals surface area contributed by atoms with Crippen molar-refractivity contribution in [3.63, 3.8) is 0 Å². The molecule has 1 aliphatic rings. The molecule has 0 aromatic carbocycles. The molecule has 2 N–H and O–H groups in total. The fraction of sp³-hybridized carbons (Fsp3) is 0.750. The van der Waals surface area contributed by atoms with E-state index in [4.69, 9.17) is 9.47 Å². The lowest BCUT2D eigenvalue weighted by Crippen LogP contribution is -2.39. The summed E-state index contributed by atoms with van der Waals surface area (Å²) in [6.45, 7) is 6.18. The van der Waals surface area contributed by atoms with Crippen LogP contribution < -0.4 is 10.6 Å². The molecule has 0 saturated carbocycles. The average molecular weight is 340 g/mol. The third-order valence-electron chi connectivity index (χ3n) is 3.66. The summed E-state index contributed by atoms with van der Waals surface area (Å²) >= 11 is 1.79. The summed E-state index contributed by atoms with van der Waals surface area (Å²) in [4.78, 5) is 10.0. The number of hydrogen-bond acceptors (Lipinski definition) is 5. The Morgan fingerprint density at radius 1 is 1.48 bits per heavy atom. The lowest BCUT2D eigenvalue weighted by atomic mass is 10.3. The topological polar surface area (TPSA) is 67.8 Å². The number of rotatable bonds is 9. The highest BCUT2D eigenvalue weighted by molar-refractivity contribution is 7.11. The molecular weight excluding hydrogens is 312 g/mol. The number of hydrogen-bond donors (Lipinski definition) is 2. The molecule has 1 atom stereocenters. The Kier molecular flexibility index (Phi) is 8.35. The molecule has 1 fully saturated rings. The van der Waals surface area contributed by atoms with Gasteiger partial charge in [0.2, 0.25) is 0 Å². The summed E-state index contributed by atoms with van der Waals surface area (Å²) in [6, 6.07) is 0. The van der Waals surface area contributed by atoms with E-state index in [0.29, 0.717) is 6.10 Å². The minimum atomic E-state index is 0.291. The maximum absolute atomic E-state index is 5.74. The first kappa shape index (κ1) is 18.2. The van der Waals surface area contributed by atoms with Crippen molar-refractivity contribution >= 4 is 17.3 Å². The van der Waals surface area contributed by atoms with Crippen LogP contribution in [-0.2, 0) is 22.3 Å². The standard InChI is InChI=1S/C16H28N4O2S/c1-3-14-11-20-15(23-14)5-8-19-16(17-2)18-7-4-9-22-13-6-10-21-12-13/h11,13H,3-10,12H2,1-2H3,(H2,17,18,19). The predicted octanol–water partition coefficient (Wildman–Crippen LogP) is 1.61. The van der Waals surface area contributed by atoms with Gasteiger partial charge in [0.05, 0.1) is 17.7 Å². The average Bonchev–Trinajstić information content (AvgIpc) is 3.24. The van der Waals surface area contributed by atoms with Crippen molar-refractivity contribution in [1.82, 2.24) is 15.6 Å². The highest BCUT2D eigenvalue weighted by atomic mass is 32.1. The molecule has 7 heteroatoms. The van der Waals surface area contributed by atoms with E-state index in [1.54, 1.807) is 18.4 Å². The van der Waals surface area contributed by atoms with Crippen LogP contribution in [0.5, 0.6) is 0 Å². The zero-order valence-corrected chi connectivity index (χ0v) is 15.0. The molecule has 6 nitrogen and oxygen atoms in total. The summed E-state index contributed by atoms with van der Waals surface area (Å²) in [5, 5.41) is 7.81. The van der Waals surface area contributed by atoms with E-state index in [-0.39, 0.29) is 0 Å². The molecule has 0 aliphatic carbocycles. The molecule has 23 heavy (non-hydrogen) atoms. The molecule has 0 bridgehead atoms. The number of aromatic nitrogens is 1. The summed E-state index contributed by atoms with van der Waals surface area (Å²) in [5.41, 5.74) is 0. The lowest BCUT2D eigenvalue weighted by Gasteiger charge is -2.12. The normalized spacial score (nSPS) is 18.3. The molecule has 1 saturated heterocycles. The van der Waals surface area contributed by atoms with Crippen LogP contribution in [0.4, 0.5) is 0 Å². The molecule has 1 aromatic rings. The van der Waals surface area contributed by atoms with E-state index in [2.05, 4.69) is 27.5 Å². The maximum Gasteiger partial charge on any atom is 0.190 e. The van der Waals surface area contributed by atoms with E-state index < -0.39 is 0 Å². The monoisotopic (exact) mass is 340 g/mol. The number of nitrogens with one attached hydrogen (secondary N) is 2. The van der Waals surface area contributed by atoms with Gasteiger partial charge in [-0.05, 0) is 19.3 Å². The number of guanidine groups is 1. The second-order valence-corrected chi connectivity index (χ2v) is 6.66. The first-order valence-electron chi connectivity index (χ1n) is 8.39. The van der Waals surface area contributed by atoms with Gasteiger partial charge < -0.3 is 20.1 Å².